The fourth-order valence-electron chi connectivity index (χ4n) is 2.07. The summed E-state index contributed by atoms with van der Waals surface area (Å²) in [7, 11) is 0. The molecule has 1 aliphatic carbocycles. The van der Waals surface area contributed by atoms with Gasteiger partial charge < -0.3 is 10.6 Å². The maximum absolute atomic E-state index is 11.8. The first kappa shape index (κ1) is 9.97. The molecule has 1 heterocycles. The molecule has 0 radical (unpaired) electrons. The van der Waals surface area contributed by atoms with E-state index in [0.717, 1.165) is 38.8 Å². The molecule has 1 atom stereocenters. The van der Waals surface area contributed by atoms with Crippen LogP contribution < -0.4 is 5.73 Å². The minimum absolute atomic E-state index is 0.314. The van der Waals surface area contributed by atoms with Crippen molar-refractivity contribution in [3.05, 3.63) is 0 Å². The molecule has 3 nitrogen and oxygen atoms in total. The molecule has 0 spiro atoms. The lowest BCUT2D eigenvalue weighted by atomic mass is 10.1. The van der Waals surface area contributed by atoms with Gasteiger partial charge in [-0.25, -0.2) is 0 Å². The molecule has 1 saturated heterocycles. The fourth-order valence-corrected chi connectivity index (χ4v) is 2.07. The molecule has 80 valence electrons. The maximum atomic E-state index is 11.8. The Morgan fingerprint density at radius 1 is 1.21 bits per heavy atom. The zero-order chi connectivity index (χ0) is 9.97. The highest BCUT2D eigenvalue weighted by atomic mass is 16.2. The van der Waals surface area contributed by atoms with Crippen LogP contribution in [-0.4, -0.2) is 29.9 Å². The van der Waals surface area contributed by atoms with Crippen molar-refractivity contribution in [3.63, 3.8) is 0 Å². The number of rotatable bonds is 2. The van der Waals surface area contributed by atoms with Gasteiger partial charge in [0.15, 0.2) is 0 Å². The Morgan fingerprint density at radius 2 is 2.00 bits per heavy atom. The van der Waals surface area contributed by atoms with Crippen LogP contribution >= 0.6 is 0 Å². The van der Waals surface area contributed by atoms with Gasteiger partial charge in [-0.05, 0) is 38.0 Å². The smallest absolute Gasteiger partial charge is 0.222 e. The van der Waals surface area contributed by atoms with Gasteiger partial charge in [-0.15, -0.1) is 0 Å². The average Bonchev–Trinajstić information content (AvgIpc) is 2.93. The first-order valence-electron chi connectivity index (χ1n) is 5.79. The Bertz CT molecular complexity index is 213. The van der Waals surface area contributed by atoms with E-state index in [-0.39, 0.29) is 0 Å². The molecule has 0 aromatic rings. The molecule has 1 amide bonds. The quantitative estimate of drug-likeness (QED) is 0.719. The van der Waals surface area contributed by atoms with Crippen LogP contribution in [0.25, 0.3) is 0 Å². The number of carbonyl (C=O) groups is 1. The van der Waals surface area contributed by atoms with E-state index < -0.39 is 0 Å². The minimum atomic E-state index is 0.314. The first-order chi connectivity index (χ1) is 6.75. The van der Waals surface area contributed by atoms with E-state index >= 15 is 0 Å². The molecular weight excluding hydrogens is 176 g/mol. The minimum Gasteiger partial charge on any atom is -0.343 e. The highest BCUT2D eigenvalue weighted by molar-refractivity contribution is 5.76. The molecule has 2 N–H and O–H groups in total. The van der Waals surface area contributed by atoms with Gasteiger partial charge in [-0.2, -0.15) is 0 Å². The Balaban J connectivity index is 1.79. The standard InChI is InChI=1S/C11H20N2O/c12-10-2-1-6-13(7-5-10)11(14)8-9-3-4-9/h9-10H,1-8,12H2. The van der Waals surface area contributed by atoms with E-state index in [1.54, 1.807) is 0 Å². The average molecular weight is 196 g/mol. The van der Waals surface area contributed by atoms with Crippen molar-refractivity contribution in [2.45, 2.75) is 44.6 Å². The van der Waals surface area contributed by atoms with Gasteiger partial charge in [0, 0.05) is 25.6 Å². The normalized spacial score (nSPS) is 28.6. The van der Waals surface area contributed by atoms with Crippen molar-refractivity contribution >= 4 is 5.91 Å². The van der Waals surface area contributed by atoms with Crippen molar-refractivity contribution in [1.82, 2.24) is 4.90 Å². The van der Waals surface area contributed by atoms with Gasteiger partial charge in [0.05, 0.1) is 0 Å². The largest absolute Gasteiger partial charge is 0.343 e. The molecule has 2 rings (SSSR count). The second-order valence-corrected chi connectivity index (χ2v) is 4.72. The number of carbonyl (C=O) groups excluding carboxylic acids is 1. The number of hydrogen-bond donors (Lipinski definition) is 1. The molecule has 1 aliphatic heterocycles. The predicted octanol–water partition coefficient (Wildman–Crippen LogP) is 1.13. The third-order valence-electron chi connectivity index (χ3n) is 3.29. The van der Waals surface area contributed by atoms with E-state index in [2.05, 4.69) is 0 Å². The third kappa shape index (κ3) is 2.71. The van der Waals surface area contributed by atoms with Gasteiger partial charge in [0.2, 0.25) is 5.91 Å². The molecule has 0 aromatic carbocycles. The lowest BCUT2D eigenvalue weighted by molar-refractivity contribution is -0.131. The highest BCUT2D eigenvalue weighted by Crippen LogP contribution is 2.33. The maximum Gasteiger partial charge on any atom is 0.222 e. The zero-order valence-electron chi connectivity index (χ0n) is 8.74. The fraction of sp³-hybridized carbons (Fsp3) is 0.909. The van der Waals surface area contributed by atoms with Crippen LogP contribution in [0.4, 0.5) is 0 Å². The third-order valence-corrected chi connectivity index (χ3v) is 3.29. The van der Waals surface area contributed by atoms with E-state index in [1.807, 2.05) is 4.90 Å². The molecule has 1 saturated carbocycles. The summed E-state index contributed by atoms with van der Waals surface area (Å²) in [4.78, 5) is 13.8. The Labute approximate surface area is 85.6 Å². The zero-order valence-corrected chi connectivity index (χ0v) is 8.74. The van der Waals surface area contributed by atoms with Crippen LogP contribution in [0.2, 0.25) is 0 Å². The van der Waals surface area contributed by atoms with Crippen LogP contribution in [0, 0.1) is 5.92 Å². The SMILES string of the molecule is NC1CCCN(C(=O)CC2CC2)CC1. The van der Waals surface area contributed by atoms with Crippen molar-refractivity contribution in [2.24, 2.45) is 11.7 Å². The molecule has 2 aliphatic rings. The van der Waals surface area contributed by atoms with Crippen molar-refractivity contribution in [1.29, 1.82) is 0 Å². The number of hydrogen-bond acceptors (Lipinski definition) is 2. The number of nitrogens with zero attached hydrogens (tertiary/aromatic N) is 1. The van der Waals surface area contributed by atoms with Gasteiger partial charge >= 0.3 is 0 Å². The molecule has 3 heteroatoms. The Morgan fingerprint density at radius 3 is 2.71 bits per heavy atom. The summed E-state index contributed by atoms with van der Waals surface area (Å²) in [6, 6.07) is 0.314. The number of amides is 1. The van der Waals surface area contributed by atoms with Crippen LogP contribution in [0.1, 0.15) is 38.5 Å². The summed E-state index contributed by atoms with van der Waals surface area (Å²) in [5.74, 6) is 1.07. The van der Waals surface area contributed by atoms with Crippen molar-refractivity contribution < 1.29 is 4.79 Å². The summed E-state index contributed by atoms with van der Waals surface area (Å²) in [5.41, 5.74) is 5.87. The molecule has 1 unspecified atom stereocenters. The van der Waals surface area contributed by atoms with Crippen LogP contribution in [0.3, 0.4) is 0 Å². The molecule has 2 fully saturated rings. The highest BCUT2D eigenvalue weighted by Gasteiger charge is 2.27. The van der Waals surface area contributed by atoms with Gasteiger partial charge in [0.25, 0.3) is 0 Å². The summed E-state index contributed by atoms with van der Waals surface area (Å²) in [6.45, 7) is 1.81. The van der Waals surface area contributed by atoms with E-state index in [4.69, 9.17) is 5.73 Å². The van der Waals surface area contributed by atoms with Gasteiger partial charge in [-0.3, -0.25) is 4.79 Å². The first-order valence-corrected chi connectivity index (χ1v) is 5.79. The summed E-state index contributed by atoms with van der Waals surface area (Å²) < 4.78 is 0. The molecule has 0 bridgehead atoms. The van der Waals surface area contributed by atoms with Crippen molar-refractivity contribution in [3.8, 4) is 0 Å². The van der Waals surface area contributed by atoms with Gasteiger partial charge in [-0.1, -0.05) is 0 Å². The van der Waals surface area contributed by atoms with Gasteiger partial charge in [0.1, 0.15) is 0 Å². The summed E-state index contributed by atoms with van der Waals surface area (Å²) in [5, 5.41) is 0. The molecule has 0 aromatic heterocycles. The Kier molecular flexibility index (Phi) is 3.06. The number of likely N-dealkylation sites (tertiary alicyclic amines) is 1. The van der Waals surface area contributed by atoms with E-state index in [0.29, 0.717) is 17.9 Å². The van der Waals surface area contributed by atoms with Crippen LogP contribution in [0.5, 0.6) is 0 Å². The lowest BCUT2D eigenvalue weighted by Crippen LogP contribution is -2.32. The second-order valence-electron chi connectivity index (χ2n) is 4.72. The van der Waals surface area contributed by atoms with Crippen LogP contribution in [0.15, 0.2) is 0 Å². The van der Waals surface area contributed by atoms with Crippen LogP contribution in [-0.2, 0) is 4.79 Å². The predicted molar refractivity (Wildman–Crippen MR) is 55.7 cm³/mol. The summed E-state index contributed by atoms with van der Waals surface area (Å²) >= 11 is 0. The second kappa shape index (κ2) is 4.30. The van der Waals surface area contributed by atoms with E-state index in [1.165, 1.54) is 12.8 Å². The monoisotopic (exact) mass is 196 g/mol. The summed E-state index contributed by atoms with van der Waals surface area (Å²) in [6.07, 6.45) is 6.45. The molecule has 14 heavy (non-hydrogen) atoms. The Hall–Kier alpha value is -0.570. The number of nitrogens with two attached hydrogens (primary N) is 1. The molecular formula is C11H20N2O. The van der Waals surface area contributed by atoms with E-state index in [9.17, 15) is 4.79 Å². The lowest BCUT2D eigenvalue weighted by Gasteiger charge is -2.20. The van der Waals surface area contributed by atoms with Crippen molar-refractivity contribution in [2.75, 3.05) is 13.1 Å². The topological polar surface area (TPSA) is 46.3 Å².